The Bertz CT molecular complexity index is 1170. The van der Waals surface area contributed by atoms with Crippen molar-refractivity contribution in [2.75, 3.05) is 6.61 Å². The van der Waals surface area contributed by atoms with Crippen molar-refractivity contribution in [1.29, 1.82) is 0 Å². The van der Waals surface area contributed by atoms with Gasteiger partial charge in [0.2, 0.25) is 0 Å². The molecule has 2 heterocycles. The van der Waals surface area contributed by atoms with Crippen molar-refractivity contribution >= 4 is 38.3 Å². The highest BCUT2D eigenvalue weighted by Gasteiger charge is 2.23. The number of rotatable bonds is 5. The van der Waals surface area contributed by atoms with Gasteiger partial charge in [-0.25, -0.2) is 4.39 Å². The fraction of sp³-hybridized carbons (Fsp3) is 0.261. The van der Waals surface area contributed by atoms with Crippen LogP contribution in [0.4, 0.5) is 4.39 Å². The predicted molar refractivity (Wildman–Crippen MR) is 113 cm³/mol. The van der Waals surface area contributed by atoms with Crippen LogP contribution in [0.5, 0.6) is 0 Å². The van der Waals surface area contributed by atoms with Gasteiger partial charge in [0.15, 0.2) is 0 Å². The van der Waals surface area contributed by atoms with E-state index in [0.717, 1.165) is 22.2 Å². The molecule has 0 radical (unpaired) electrons. The highest BCUT2D eigenvalue weighted by atomic mass is 32.1. The maximum absolute atomic E-state index is 14.1. The first-order chi connectivity index (χ1) is 13.5. The molecule has 28 heavy (non-hydrogen) atoms. The zero-order chi connectivity index (χ0) is 19.8. The van der Waals surface area contributed by atoms with Crippen molar-refractivity contribution in [3.63, 3.8) is 0 Å². The molecule has 1 atom stereocenters. The van der Waals surface area contributed by atoms with Crippen LogP contribution < -0.4 is 0 Å². The van der Waals surface area contributed by atoms with Gasteiger partial charge >= 0.3 is 5.97 Å². The molecule has 144 valence electrons. The van der Waals surface area contributed by atoms with E-state index in [1.807, 2.05) is 23.6 Å². The number of ether oxygens (including phenoxy) is 1. The smallest absolute Gasteiger partial charge is 0.325 e. The van der Waals surface area contributed by atoms with Crippen molar-refractivity contribution in [3.8, 4) is 0 Å². The number of carbonyl (C=O) groups is 1. The van der Waals surface area contributed by atoms with Gasteiger partial charge in [0.1, 0.15) is 12.4 Å². The summed E-state index contributed by atoms with van der Waals surface area (Å²) >= 11 is 1.72. The number of thiophene rings is 1. The Morgan fingerprint density at radius 3 is 2.79 bits per heavy atom. The minimum atomic E-state index is -0.285. The van der Waals surface area contributed by atoms with Gasteiger partial charge in [-0.3, -0.25) is 4.79 Å². The molecule has 3 nitrogen and oxygen atoms in total. The molecular weight excluding hydrogens is 373 g/mol. The number of carbonyl (C=O) groups excluding carboxylic acids is 1. The van der Waals surface area contributed by atoms with Gasteiger partial charge in [-0.2, -0.15) is 0 Å². The predicted octanol–water partition coefficient (Wildman–Crippen LogP) is 6.02. The Balaban J connectivity index is 1.89. The van der Waals surface area contributed by atoms with Crippen molar-refractivity contribution in [2.45, 2.75) is 33.2 Å². The van der Waals surface area contributed by atoms with Crippen molar-refractivity contribution in [3.05, 3.63) is 70.5 Å². The summed E-state index contributed by atoms with van der Waals surface area (Å²) in [5, 5.41) is 4.26. The standard InChI is InChI=1S/C23H22FNO2S/c1-4-27-22(26)12-25-15(3)23(18-11-16(24)9-10-20(18)25)14(2)19-13-28-21-8-6-5-7-17(19)21/h5-11,13-14H,4,12H2,1-3H3. The first-order valence-corrected chi connectivity index (χ1v) is 10.3. The van der Waals surface area contributed by atoms with Crippen LogP contribution in [0.3, 0.4) is 0 Å². The summed E-state index contributed by atoms with van der Waals surface area (Å²) in [6.07, 6.45) is 0. The van der Waals surface area contributed by atoms with Crippen LogP contribution in [0.1, 0.15) is 36.6 Å². The van der Waals surface area contributed by atoms with E-state index < -0.39 is 0 Å². The molecule has 1 unspecified atom stereocenters. The molecule has 4 aromatic rings. The number of aromatic nitrogens is 1. The molecule has 0 spiro atoms. The van der Waals surface area contributed by atoms with E-state index in [1.165, 1.54) is 21.7 Å². The lowest BCUT2D eigenvalue weighted by Gasteiger charge is -2.13. The van der Waals surface area contributed by atoms with E-state index in [0.29, 0.717) is 6.61 Å². The fourth-order valence-corrected chi connectivity index (χ4v) is 5.11. The minimum absolute atomic E-state index is 0.0731. The number of benzene rings is 2. The maximum atomic E-state index is 14.1. The molecule has 4 rings (SSSR count). The van der Waals surface area contributed by atoms with Crippen LogP contribution in [0.2, 0.25) is 0 Å². The third kappa shape index (κ3) is 3.10. The molecule has 0 amide bonds. The summed E-state index contributed by atoms with van der Waals surface area (Å²) < 4.78 is 22.4. The third-order valence-electron chi connectivity index (χ3n) is 5.34. The van der Waals surface area contributed by atoms with E-state index in [1.54, 1.807) is 30.4 Å². The Morgan fingerprint density at radius 2 is 2.00 bits per heavy atom. The normalized spacial score (nSPS) is 12.6. The molecule has 0 fully saturated rings. The first-order valence-electron chi connectivity index (χ1n) is 9.41. The largest absolute Gasteiger partial charge is 0.465 e. The lowest BCUT2D eigenvalue weighted by atomic mass is 9.90. The molecule has 0 aliphatic rings. The molecule has 0 saturated carbocycles. The molecule has 2 aromatic carbocycles. The second-order valence-corrected chi connectivity index (χ2v) is 7.87. The van der Waals surface area contributed by atoms with Gasteiger partial charge in [0, 0.05) is 27.2 Å². The van der Waals surface area contributed by atoms with Gasteiger partial charge in [0.05, 0.1) is 6.61 Å². The molecule has 0 aliphatic heterocycles. The average Bonchev–Trinajstić information content (AvgIpc) is 3.21. The lowest BCUT2D eigenvalue weighted by molar-refractivity contribution is -0.143. The summed E-state index contributed by atoms with van der Waals surface area (Å²) in [5.41, 5.74) is 4.11. The Hall–Kier alpha value is -2.66. The number of nitrogens with zero attached hydrogens (tertiary/aromatic N) is 1. The molecule has 0 aliphatic carbocycles. The van der Waals surface area contributed by atoms with Crippen LogP contribution in [0.25, 0.3) is 21.0 Å². The number of esters is 1. The van der Waals surface area contributed by atoms with Gasteiger partial charge in [-0.1, -0.05) is 25.1 Å². The highest BCUT2D eigenvalue weighted by molar-refractivity contribution is 7.17. The quantitative estimate of drug-likeness (QED) is 0.387. The van der Waals surface area contributed by atoms with E-state index in [2.05, 4.69) is 24.4 Å². The van der Waals surface area contributed by atoms with Crippen LogP contribution >= 0.6 is 11.3 Å². The molecule has 0 bridgehead atoms. The molecule has 0 saturated heterocycles. The summed E-state index contributed by atoms with van der Waals surface area (Å²) in [6, 6.07) is 13.1. The van der Waals surface area contributed by atoms with Crippen molar-refractivity contribution in [2.24, 2.45) is 0 Å². The van der Waals surface area contributed by atoms with Gasteiger partial charge < -0.3 is 9.30 Å². The van der Waals surface area contributed by atoms with E-state index in [-0.39, 0.29) is 24.2 Å². The Morgan fingerprint density at radius 1 is 1.21 bits per heavy atom. The van der Waals surface area contributed by atoms with E-state index >= 15 is 0 Å². The second kappa shape index (κ2) is 7.40. The summed E-state index contributed by atoms with van der Waals surface area (Å²) in [5.74, 6) is -0.486. The molecular formula is C23H22FNO2S. The highest BCUT2D eigenvalue weighted by Crippen LogP contribution is 2.40. The first kappa shape index (κ1) is 18.7. The Labute approximate surface area is 167 Å². The fourth-order valence-electron chi connectivity index (χ4n) is 4.06. The molecule has 5 heteroatoms. The van der Waals surface area contributed by atoms with E-state index in [9.17, 15) is 9.18 Å². The average molecular weight is 395 g/mol. The second-order valence-electron chi connectivity index (χ2n) is 6.96. The Kier molecular flexibility index (Phi) is 4.94. The van der Waals surface area contributed by atoms with Gasteiger partial charge in [-0.15, -0.1) is 11.3 Å². The van der Waals surface area contributed by atoms with Crippen molar-refractivity contribution in [1.82, 2.24) is 4.57 Å². The monoisotopic (exact) mass is 395 g/mol. The third-order valence-corrected chi connectivity index (χ3v) is 6.32. The zero-order valence-electron chi connectivity index (χ0n) is 16.2. The van der Waals surface area contributed by atoms with Crippen LogP contribution in [-0.2, 0) is 16.1 Å². The van der Waals surface area contributed by atoms with Crippen LogP contribution in [0.15, 0.2) is 47.8 Å². The van der Waals surface area contributed by atoms with Gasteiger partial charge in [0.25, 0.3) is 0 Å². The number of halogens is 1. The van der Waals surface area contributed by atoms with Crippen LogP contribution in [-0.4, -0.2) is 17.1 Å². The molecule has 0 N–H and O–H groups in total. The maximum Gasteiger partial charge on any atom is 0.325 e. The van der Waals surface area contributed by atoms with E-state index in [4.69, 9.17) is 4.74 Å². The summed E-state index contributed by atoms with van der Waals surface area (Å²) in [7, 11) is 0. The van der Waals surface area contributed by atoms with Gasteiger partial charge in [-0.05, 0) is 60.0 Å². The number of hydrogen-bond donors (Lipinski definition) is 0. The summed E-state index contributed by atoms with van der Waals surface area (Å²) in [6.45, 7) is 6.41. The topological polar surface area (TPSA) is 31.2 Å². The molecule has 2 aromatic heterocycles. The lowest BCUT2D eigenvalue weighted by Crippen LogP contribution is -2.14. The van der Waals surface area contributed by atoms with Crippen molar-refractivity contribution < 1.29 is 13.9 Å². The minimum Gasteiger partial charge on any atom is -0.465 e. The van der Waals surface area contributed by atoms with Crippen LogP contribution in [0, 0.1) is 12.7 Å². The zero-order valence-corrected chi connectivity index (χ0v) is 17.0. The number of fused-ring (bicyclic) bond motifs is 2. The SMILES string of the molecule is CCOC(=O)Cn1c(C)c(C(C)c2csc3ccccc23)c2cc(F)ccc21. The summed E-state index contributed by atoms with van der Waals surface area (Å²) in [4.78, 5) is 12.1. The number of hydrogen-bond acceptors (Lipinski definition) is 3.